The number of fused-ring (bicyclic) bond motifs is 1. The van der Waals surface area contributed by atoms with E-state index in [2.05, 4.69) is 11.8 Å². The molecule has 0 spiro atoms. The van der Waals surface area contributed by atoms with Gasteiger partial charge in [-0.25, -0.2) is 0 Å². The van der Waals surface area contributed by atoms with E-state index < -0.39 is 0 Å². The topological polar surface area (TPSA) is 47.7 Å². The molecule has 0 amide bonds. The molecule has 0 aromatic rings. The molecule has 1 saturated heterocycles. The molecule has 4 heteroatoms. The summed E-state index contributed by atoms with van der Waals surface area (Å²) in [7, 11) is 0. The summed E-state index contributed by atoms with van der Waals surface area (Å²) < 4.78 is 11.7. The van der Waals surface area contributed by atoms with Crippen molar-refractivity contribution in [2.45, 2.75) is 69.2 Å². The van der Waals surface area contributed by atoms with E-state index >= 15 is 0 Å². The van der Waals surface area contributed by atoms with Gasteiger partial charge in [-0.05, 0) is 32.6 Å². The molecule has 110 valence electrons. The zero-order valence-electron chi connectivity index (χ0n) is 12.1. The summed E-state index contributed by atoms with van der Waals surface area (Å²) in [4.78, 5) is 2.69. The molecule has 0 bridgehead atoms. The van der Waals surface area contributed by atoms with E-state index in [1.807, 2.05) is 0 Å². The predicted molar refractivity (Wildman–Crippen MR) is 75.1 cm³/mol. The first-order valence-electron chi connectivity index (χ1n) is 7.99. The number of morpholine rings is 1. The Hall–Kier alpha value is -0.160. The van der Waals surface area contributed by atoms with Crippen LogP contribution in [0.3, 0.4) is 0 Å². The maximum Gasteiger partial charge on any atom is 0.0731 e. The summed E-state index contributed by atoms with van der Waals surface area (Å²) in [6.07, 6.45) is 8.29. The summed E-state index contributed by atoms with van der Waals surface area (Å²) in [6, 6.07) is 0.605. The molecule has 1 heterocycles. The number of nitrogens with two attached hydrogens (primary N) is 1. The van der Waals surface area contributed by atoms with E-state index in [1.165, 1.54) is 25.7 Å². The Kier molecular flexibility index (Phi) is 4.13. The van der Waals surface area contributed by atoms with Gasteiger partial charge in [-0.1, -0.05) is 12.8 Å². The third kappa shape index (κ3) is 2.44. The zero-order valence-corrected chi connectivity index (χ0v) is 12.1. The van der Waals surface area contributed by atoms with Crippen LogP contribution in [0.1, 0.15) is 45.4 Å². The minimum atomic E-state index is 0.198. The third-order valence-electron chi connectivity index (χ3n) is 5.34. The molecule has 3 rings (SSSR count). The first-order valence-corrected chi connectivity index (χ1v) is 7.99. The fourth-order valence-corrected chi connectivity index (χ4v) is 4.35. The highest BCUT2D eigenvalue weighted by Gasteiger charge is 2.52. The Bertz CT molecular complexity index is 303. The number of rotatable bonds is 4. The van der Waals surface area contributed by atoms with Crippen LogP contribution in [0, 0.1) is 0 Å². The molecule has 2 saturated carbocycles. The van der Waals surface area contributed by atoms with Crippen molar-refractivity contribution in [1.29, 1.82) is 0 Å². The molecule has 2 unspecified atom stereocenters. The smallest absolute Gasteiger partial charge is 0.0731 e. The molecule has 3 fully saturated rings. The third-order valence-corrected chi connectivity index (χ3v) is 5.34. The molecule has 2 atom stereocenters. The van der Waals surface area contributed by atoms with E-state index in [0.29, 0.717) is 18.2 Å². The minimum absolute atomic E-state index is 0.198. The quantitative estimate of drug-likeness (QED) is 0.840. The van der Waals surface area contributed by atoms with Gasteiger partial charge in [-0.3, -0.25) is 4.90 Å². The summed E-state index contributed by atoms with van der Waals surface area (Å²) in [5.41, 5.74) is 6.34. The van der Waals surface area contributed by atoms with Crippen LogP contribution in [0.5, 0.6) is 0 Å². The van der Waals surface area contributed by atoms with Gasteiger partial charge in [-0.2, -0.15) is 0 Å². The second-order valence-electron chi connectivity index (χ2n) is 6.37. The highest BCUT2D eigenvalue weighted by atomic mass is 16.5. The summed E-state index contributed by atoms with van der Waals surface area (Å²) in [5, 5.41) is 0. The molecular formula is C15H28N2O2. The highest BCUT2D eigenvalue weighted by molar-refractivity contribution is 5.08. The van der Waals surface area contributed by atoms with E-state index in [9.17, 15) is 0 Å². The monoisotopic (exact) mass is 268 g/mol. The number of hydrogen-bond donors (Lipinski definition) is 1. The van der Waals surface area contributed by atoms with Crippen molar-refractivity contribution in [3.63, 3.8) is 0 Å². The molecule has 0 aromatic carbocycles. The van der Waals surface area contributed by atoms with Gasteiger partial charge in [0.15, 0.2) is 0 Å². The summed E-state index contributed by atoms with van der Waals surface area (Å²) >= 11 is 0. The van der Waals surface area contributed by atoms with E-state index in [0.717, 1.165) is 39.1 Å². The Balaban J connectivity index is 1.68. The first-order chi connectivity index (χ1) is 9.29. The SMILES string of the molecule is CCOC1CC(CN)(N2CCOC3CCCCC32)C1. The van der Waals surface area contributed by atoms with E-state index in [-0.39, 0.29) is 5.54 Å². The van der Waals surface area contributed by atoms with Crippen molar-refractivity contribution in [2.24, 2.45) is 5.73 Å². The molecule has 3 aliphatic rings. The van der Waals surface area contributed by atoms with Gasteiger partial charge in [0, 0.05) is 31.3 Å². The lowest BCUT2D eigenvalue weighted by molar-refractivity contribution is -0.173. The van der Waals surface area contributed by atoms with Gasteiger partial charge in [0.2, 0.25) is 0 Å². The van der Waals surface area contributed by atoms with Gasteiger partial charge in [-0.15, -0.1) is 0 Å². The largest absolute Gasteiger partial charge is 0.378 e. The fourth-order valence-electron chi connectivity index (χ4n) is 4.35. The van der Waals surface area contributed by atoms with Crippen LogP contribution < -0.4 is 5.73 Å². The van der Waals surface area contributed by atoms with Gasteiger partial charge < -0.3 is 15.2 Å². The standard InChI is InChI=1S/C15H28N2O2/c1-2-18-12-9-15(10-12,11-16)17-7-8-19-14-6-4-3-5-13(14)17/h12-14H,2-11,16H2,1H3. The average molecular weight is 268 g/mol. The van der Waals surface area contributed by atoms with Crippen molar-refractivity contribution in [1.82, 2.24) is 4.90 Å². The van der Waals surface area contributed by atoms with Crippen LogP contribution in [-0.4, -0.2) is 55.0 Å². The number of ether oxygens (including phenoxy) is 2. The van der Waals surface area contributed by atoms with Gasteiger partial charge >= 0.3 is 0 Å². The fraction of sp³-hybridized carbons (Fsp3) is 1.00. The highest BCUT2D eigenvalue weighted by Crippen LogP contribution is 2.43. The van der Waals surface area contributed by atoms with Crippen LogP contribution in [0.15, 0.2) is 0 Å². The van der Waals surface area contributed by atoms with Crippen molar-refractivity contribution in [2.75, 3.05) is 26.3 Å². The molecule has 2 aliphatic carbocycles. The molecule has 0 radical (unpaired) electrons. The molecule has 19 heavy (non-hydrogen) atoms. The van der Waals surface area contributed by atoms with Crippen molar-refractivity contribution in [3.8, 4) is 0 Å². The van der Waals surface area contributed by atoms with Crippen molar-refractivity contribution >= 4 is 0 Å². The maximum absolute atomic E-state index is 6.14. The van der Waals surface area contributed by atoms with Crippen LogP contribution in [-0.2, 0) is 9.47 Å². The summed E-state index contributed by atoms with van der Waals surface area (Å²) in [6.45, 7) is 5.59. The lowest BCUT2D eigenvalue weighted by Gasteiger charge is -2.59. The van der Waals surface area contributed by atoms with Gasteiger partial charge in [0.05, 0.1) is 18.8 Å². The van der Waals surface area contributed by atoms with Gasteiger partial charge in [0.25, 0.3) is 0 Å². The average Bonchev–Trinajstić information content (AvgIpc) is 2.42. The van der Waals surface area contributed by atoms with E-state index in [4.69, 9.17) is 15.2 Å². The Labute approximate surface area is 116 Å². The number of hydrogen-bond acceptors (Lipinski definition) is 4. The van der Waals surface area contributed by atoms with Crippen molar-refractivity contribution in [3.05, 3.63) is 0 Å². The lowest BCUT2D eigenvalue weighted by atomic mass is 9.70. The molecular weight excluding hydrogens is 240 g/mol. The second-order valence-corrected chi connectivity index (χ2v) is 6.37. The summed E-state index contributed by atoms with van der Waals surface area (Å²) in [5.74, 6) is 0. The zero-order chi connectivity index (χ0) is 13.3. The first kappa shape index (κ1) is 13.8. The van der Waals surface area contributed by atoms with Crippen LogP contribution in [0.25, 0.3) is 0 Å². The maximum atomic E-state index is 6.14. The molecule has 4 nitrogen and oxygen atoms in total. The van der Waals surface area contributed by atoms with Crippen LogP contribution in [0.4, 0.5) is 0 Å². The molecule has 0 aromatic heterocycles. The Morgan fingerprint density at radius 1 is 1.32 bits per heavy atom. The van der Waals surface area contributed by atoms with Crippen LogP contribution >= 0.6 is 0 Å². The van der Waals surface area contributed by atoms with E-state index in [1.54, 1.807) is 0 Å². The van der Waals surface area contributed by atoms with Gasteiger partial charge in [0.1, 0.15) is 0 Å². The predicted octanol–water partition coefficient (Wildman–Crippen LogP) is 1.53. The van der Waals surface area contributed by atoms with Crippen molar-refractivity contribution < 1.29 is 9.47 Å². The number of nitrogens with zero attached hydrogens (tertiary/aromatic N) is 1. The molecule has 1 aliphatic heterocycles. The minimum Gasteiger partial charge on any atom is -0.378 e. The Morgan fingerprint density at radius 2 is 2.11 bits per heavy atom. The lowest BCUT2D eigenvalue weighted by Crippen LogP contribution is -2.70. The van der Waals surface area contributed by atoms with Crippen LogP contribution in [0.2, 0.25) is 0 Å². The molecule has 2 N–H and O–H groups in total. The second kappa shape index (κ2) is 5.68. The normalized spacial score (nSPS) is 43.6. The Morgan fingerprint density at radius 3 is 2.84 bits per heavy atom.